The molecule has 0 spiro atoms. The summed E-state index contributed by atoms with van der Waals surface area (Å²) in [6.07, 6.45) is 0. The van der Waals surface area contributed by atoms with Gasteiger partial charge < -0.3 is 18.9 Å². The van der Waals surface area contributed by atoms with Crippen molar-refractivity contribution < 1.29 is 23.7 Å². The molecule has 6 nitrogen and oxygen atoms in total. The van der Waals surface area contributed by atoms with E-state index in [4.69, 9.17) is 30.5 Å². The van der Waals surface area contributed by atoms with E-state index in [1.807, 2.05) is 32.0 Å². The lowest BCUT2D eigenvalue weighted by Crippen LogP contribution is -2.09. The Morgan fingerprint density at radius 1 is 1.00 bits per heavy atom. The van der Waals surface area contributed by atoms with Crippen LogP contribution in [0.5, 0.6) is 17.2 Å². The van der Waals surface area contributed by atoms with Crippen molar-refractivity contribution in [3.05, 3.63) is 57.7 Å². The van der Waals surface area contributed by atoms with Crippen LogP contribution in [0.25, 0.3) is 10.9 Å². The highest BCUT2D eigenvalue weighted by atomic mass is 35.5. The number of nitrogens with zero attached hydrogens (tertiary/aromatic N) is 1. The number of carbonyl (C=O) groups excluding carboxylic acids is 1. The van der Waals surface area contributed by atoms with E-state index in [1.165, 1.54) is 21.3 Å². The number of pyridine rings is 1. The van der Waals surface area contributed by atoms with Gasteiger partial charge in [-0.1, -0.05) is 23.7 Å². The molecule has 3 aromatic rings. The van der Waals surface area contributed by atoms with Gasteiger partial charge in [0, 0.05) is 10.9 Å². The van der Waals surface area contributed by atoms with Gasteiger partial charge in [0.2, 0.25) is 5.75 Å². The SMILES string of the molecule is COc1ccc(C(=O)OCc2cc3ccc(C)c(C)c3nc2Cl)c(OC)c1OC. The fraction of sp³-hybridized carbons (Fsp3) is 0.273. The Kier molecular flexibility index (Phi) is 6.13. The first kappa shape index (κ1) is 20.7. The summed E-state index contributed by atoms with van der Waals surface area (Å²) in [6, 6.07) is 9.07. The van der Waals surface area contributed by atoms with Crippen molar-refractivity contribution in [2.45, 2.75) is 20.5 Å². The molecular formula is C22H22ClNO5. The number of rotatable bonds is 6. The number of aromatic nitrogens is 1. The smallest absolute Gasteiger partial charge is 0.342 e. The summed E-state index contributed by atoms with van der Waals surface area (Å²) in [5.41, 5.74) is 3.90. The van der Waals surface area contributed by atoms with Crippen LogP contribution in [-0.2, 0) is 11.3 Å². The van der Waals surface area contributed by atoms with Gasteiger partial charge in [-0.3, -0.25) is 0 Å². The molecule has 0 atom stereocenters. The van der Waals surface area contributed by atoms with E-state index in [9.17, 15) is 4.79 Å². The summed E-state index contributed by atoms with van der Waals surface area (Å²) in [5.74, 6) is 0.443. The number of ether oxygens (including phenoxy) is 4. The zero-order valence-corrected chi connectivity index (χ0v) is 17.7. The van der Waals surface area contributed by atoms with Crippen molar-refractivity contribution in [2.24, 2.45) is 0 Å². The van der Waals surface area contributed by atoms with Gasteiger partial charge >= 0.3 is 5.97 Å². The zero-order chi connectivity index (χ0) is 21.1. The van der Waals surface area contributed by atoms with Gasteiger partial charge in [-0.25, -0.2) is 9.78 Å². The molecule has 0 unspecified atom stereocenters. The van der Waals surface area contributed by atoms with Gasteiger partial charge in [0.15, 0.2) is 11.5 Å². The van der Waals surface area contributed by atoms with Gasteiger partial charge in [-0.05, 0) is 43.2 Å². The minimum absolute atomic E-state index is 0.0228. The maximum absolute atomic E-state index is 12.7. The molecule has 0 aliphatic heterocycles. The van der Waals surface area contributed by atoms with Crippen molar-refractivity contribution in [3.63, 3.8) is 0 Å². The molecule has 7 heteroatoms. The third-order valence-corrected chi connectivity index (χ3v) is 5.15. The monoisotopic (exact) mass is 415 g/mol. The first-order valence-electron chi connectivity index (χ1n) is 8.92. The van der Waals surface area contributed by atoms with Gasteiger partial charge in [0.25, 0.3) is 0 Å². The molecule has 0 saturated carbocycles. The maximum Gasteiger partial charge on any atom is 0.342 e. The first-order valence-corrected chi connectivity index (χ1v) is 9.30. The lowest BCUT2D eigenvalue weighted by Gasteiger charge is -2.15. The van der Waals surface area contributed by atoms with Crippen molar-refractivity contribution in [1.82, 2.24) is 4.98 Å². The molecular weight excluding hydrogens is 394 g/mol. The Balaban J connectivity index is 1.88. The van der Waals surface area contributed by atoms with E-state index in [1.54, 1.807) is 12.1 Å². The Bertz CT molecular complexity index is 1080. The fourth-order valence-corrected chi connectivity index (χ4v) is 3.28. The van der Waals surface area contributed by atoms with Gasteiger partial charge in [0.05, 0.1) is 26.8 Å². The topological polar surface area (TPSA) is 66.9 Å². The van der Waals surface area contributed by atoms with E-state index in [2.05, 4.69) is 4.98 Å². The first-order chi connectivity index (χ1) is 13.9. The van der Waals surface area contributed by atoms with Crippen molar-refractivity contribution in [1.29, 1.82) is 0 Å². The number of halogens is 1. The van der Waals surface area contributed by atoms with Crippen LogP contribution in [-0.4, -0.2) is 32.3 Å². The highest BCUT2D eigenvalue weighted by Crippen LogP contribution is 2.40. The van der Waals surface area contributed by atoms with Crippen molar-refractivity contribution in [2.75, 3.05) is 21.3 Å². The van der Waals surface area contributed by atoms with Gasteiger partial charge in [0.1, 0.15) is 17.3 Å². The molecule has 0 bridgehead atoms. The number of esters is 1. The van der Waals surface area contributed by atoms with Crippen LogP contribution in [0.1, 0.15) is 27.0 Å². The zero-order valence-electron chi connectivity index (χ0n) is 17.0. The highest BCUT2D eigenvalue weighted by Gasteiger charge is 2.22. The fourth-order valence-electron chi connectivity index (χ4n) is 3.09. The second-order valence-corrected chi connectivity index (χ2v) is 6.83. The second-order valence-electron chi connectivity index (χ2n) is 6.48. The number of hydrogen-bond acceptors (Lipinski definition) is 6. The average molecular weight is 416 g/mol. The standard InChI is InChI=1S/C22H22ClNO5/c1-12-6-7-14-10-15(21(23)24-18(14)13(12)2)11-29-22(25)16-8-9-17(26-3)20(28-5)19(16)27-4/h6-10H,11H2,1-5H3. The molecule has 0 saturated heterocycles. The molecule has 2 aromatic carbocycles. The van der Waals surface area contributed by atoms with Crippen LogP contribution < -0.4 is 14.2 Å². The maximum atomic E-state index is 12.7. The lowest BCUT2D eigenvalue weighted by atomic mass is 10.0. The molecule has 0 amide bonds. The number of benzene rings is 2. The molecule has 152 valence electrons. The van der Waals surface area contributed by atoms with E-state index in [0.717, 1.165) is 22.0 Å². The number of carbonyl (C=O) groups is 1. The average Bonchev–Trinajstić information content (AvgIpc) is 2.73. The molecule has 3 rings (SSSR count). The second kappa shape index (κ2) is 8.57. The molecule has 0 aliphatic rings. The van der Waals surface area contributed by atoms with Crippen LogP contribution in [0.15, 0.2) is 30.3 Å². The summed E-state index contributed by atoms with van der Waals surface area (Å²) < 4.78 is 21.4. The molecule has 0 N–H and O–H groups in total. The summed E-state index contributed by atoms with van der Waals surface area (Å²) in [7, 11) is 4.43. The number of hydrogen-bond donors (Lipinski definition) is 0. The Labute approximate surface area is 174 Å². The Hall–Kier alpha value is -2.99. The summed E-state index contributed by atoms with van der Waals surface area (Å²) >= 11 is 6.34. The van der Waals surface area contributed by atoms with Crippen molar-refractivity contribution >= 4 is 28.5 Å². The normalized spacial score (nSPS) is 10.7. The van der Waals surface area contributed by atoms with Crippen LogP contribution >= 0.6 is 11.6 Å². The van der Waals surface area contributed by atoms with E-state index >= 15 is 0 Å². The minimum Gasteiger partial charge on any atom is -0.493 e. The molecule has 0 aliphatic carbocycles. The summed E-state index contributed by atoms with van der Waals surface area (Å²) in [4.78, 5) is 17.2. The predicted octanol–water partition coefficient (Wildman–Crippen LogP) is 4.89. The molecule has 0 radical (unpaired) electrons. The predicted molar refractivity (Wildman–Crippen MR) is 111 cm³/mol. The number of fused-ring (bicyclic) bond motifs is 1. The molecule has 1 aromatic heterocycles. The van der Waals surface area contributed by atoms with E-state index < -0.39 is 5.97 Å². The Morgan fingerprint density at radius 2 is 1.72 bits per heavy atom. The molecule has 1 heterocycles. The third-order valence-electron chi connectivity index (χ3n) is 4.82. The van der Waals surface area contributed by atoms with Crippen LogP contribution in [0.3, 0.4) is 0 Å². The number of methoxy groups -OCH3 is 3. The quantitative estimate of drug-likeness (QED) is 0.422. The Morgan fingerprint density at radius 3 is 2.38 bits per heavy atom. The lowest BCUT2D eigenvalue weighted by molar-refractivity contribution is 0.0468. The molecule has 0 fully saturated rings. The van der Waals surface area contributed by atoms with Crippen LogP contribution in [0.2, 0.25) is 5.15 Å². The van der Waals surface area contributed by atoms with E-state index in [0.29, 0.717) is 22.2 Å². The van der Waals surface area contributed by atoms with Crippen molar-refractivity contribution in [3.8, 4) is 17.2 Å². The third kappa shape index (κ3) is 3.93. The van der Waals surface area contributed by atoms with Crippen LogP contribution in [0.4, 0.5) is 0 Å². The minimum atomic E-state index is -0.570. The van der Waals surface area contributed by atoms with Gasteiger partial charge in [-0.15, -0.1) is 0 Å². The van der Waals surface area contributed by atoms with Gasteiger partial charge in [-0.2, -0.15) is 0 Å². The summed E-state index contributed by atoms with van der Waals surface area (Å²) in [5, 5.41) is 1.24. The van der Waals surface area contributed by atoms with E-state index in [-0.39, 0.29) is 17.9 Å². The number of aryl methyl sites for hydroxylation is 2. The highest BCUT2D eigenvalue weighted by molar-refractivity contribution is 6.30. The summed E-state index contributed by atoms with van der Waals surface area (Å²) in [6.45, 7) is 4.01. The molecule has 29 heavy (non-hydrogen) atoms. The largest absolute Gasteiger partial charge is 0.493 e. The van der Waals surface area contributed by atoms with Crippen LogP contribution in [0, 0.1) is 13.8 Å².